The van der Waals surface area contributed by atoms with E-state index in [9.17, 15) is 0 Å². The average molecular weight is 248 g/mol. The third kappa shape index (κ3) is 2.62. The molecular weight excluding hydrogens is 224 g/mol. The van der Waals surface area contributed by atoms with E-state index in [0.29, 0.717) is 11.4 Å². The lowest BCUT2D eigenvalue weighted by Gasteiger charge is -2.20. The molecule has 18 heavy (non-hydrogen) atoms. The first-order chi connectivity index (χ1) is 8.61. The SMILES string of the molecule is CCc1nnc(NCC2(C(C)C)CC2)nc1CC. The van der Waals surface area contributed by atoms with E-state index in [2.05, 4.69) is 48.2 Å². The van der Waals surface area contributed by atoms with Gasteiger partial charge in [0.05, 0.1) is 11.4 Å². The summed E-state index contributed by atoms with van der Waals surface area (Å²) in [6.07, 6.45) is 4.46. The number of aryl methyl sites for hydroxylation is 2. The molecule has 0 radical (unpaired) electrons. The maximum absolute atomic E-state index is 4.57. The highest BCUT2D eigenvalue weighted by Crippen LogP contribution is 2.51. The van der Waals surface area contributed by atoms with Gasteiger partial charge in [-0.05, 0) is 37.0 Å². The van der Waals surface area contributed by atoms with E-state index in [4.69, 9.17) is 0 Å². The molecule has 4 nitrogen and oxygen atoms in total. The van der Waals surface area contributed by atoms with Gasteiger partial charge in [-0.3, -0.25) is 0 Å². The molecule has 0 spiro atoms. The topological polar surface area (TPSA) is 50.7 Å². The quantitative estimate of drug-likeness (QED) is 0.841. The van der Waals surface area contributed by atoms with Crippen molar-refractivity contribution >= 4 is 5.95 Å². The Labute approximate surface area is 110 Å². The molecule has 1 aromatic heterocycles. The van der Waals surface area contributed by atoms with Crippen molar-refractivity contribution in [3.63, 3.8) is 0 Å². The monoisotopic (exact) mass is 248 g/mol. The average Bonchev–Trinajstić information content (AvgIpc) is 3.17. The molecule has 0 unspecified atom stereocenters. The Hall–Kier alpha value is -1.19. The molecule has 1 heterocycles. The zero-order valence-corrected chi connectivity index (χ0v) is 12.0. The van der Waals surface area contributed by atoms with Crippen molar-refractivity contribution in [1.82, 2.24) is 15.2 Å². The van der Waals surface area contributed by atoms with Crippen LogP contribution in [0.3, 0.4) is 0 Å². The van der Waals surface area contributed by atoms with Crippen LogP contribution >= 0.6 is 0 Å². The van der Waals surface area contributed by atoms with Crippen molar-refractivity contribution in [2.24, 2.45) is 11.3 Å². The Morgan fingerprint density at radius 2 is 1.78 bits per heavy atom. The molecule has 0 bridgehead atoms. The second-order valence-electron chi connectivity index (χ2n) is 5.61. The van der Waals surface area contributed by atoms with Crippen LogP contribution in [0, 0.1) is 11.3 Å². The predicted molar refractivity (Wildman–Crippen MR) is 73.6 cm³/mol. The minimum atomic E-state index is 0.471. The molecule has 1 fully saturated rings. The van der Waals surface area contributed by atoms with E-state index in [1.165, 1.54) is 12.8 Å². The molecule has 0 atom stereocenters. The molecule has 1 aliphatic carbocycles. The van der Waals surface area contributed by atoms with Crippen LogP contribution in [0.15, 0.2) is 0 Å². The number of aromatic nitrogens is 3. The van der Waals surface area contributed by atoms with Gasteiger partial charge in [0, 0.05) is 6.54 Å². The fraction of sp³-hybridized carbons (Fsp3) is 0.786. The van der Waals surface area contributed by atoms with E-state index in [-0.39, 0.29) is 0 Å². The third-order valence-corrected chi connectivity index (χ3v) is 4.22. The zero-order chi connectivity index (χ0) is 13.2. The van der Waals surface area contributed by atoms with Gasteiger partial charge in [-0.15, -0.1) is 5.10 Å². The second-order valence-corrected chi connectivity index (χ2v) is 5.61. The lowest BCUT2D eigenvalue weighted by atomic mass is 9.92. The molecule has 1 aromatic rings. The summed E-state index contributed by atoms with van der Waals surface area (Å²) in [5.74, 6) is 1.41. The van der Waals surface area contributed by atoms with E-state index >= 15 is 0 Å². The van der Waals surface area contributed by atoms with Gasteiger partial charge in [0.2, 0.25) is 5.95 Å². The van der Waals surface area contributed by atoms with Crippen molar-refractivity contribution in [3.05, 3.63) is 11.4 Å². The summed E-state index contributed by atoms with van der Waals surface area (Å²) in [6, 6.07) is 0. The van der Waals surface area contributed by atoms with Crippen molar-refractivity contribution < 1.29 is 0 Å². The maximum Gasteiger partial charge on any atom is 0.242 e. The normalized spacial score (nSPS) is 16.9. The highest BCUT2D eigenvalue weighted by atomic mass is 15.2. The first-order valence-electron chi connectivity index (χ1n) is 7.07. The predicted octanol–water partition coefficient (Wildman–Crippen LogP) is 2.84. The van der Waals surface area contributed by atoms with Crippen LogP contribution in [0.25, 0.3) is 0 Å². The van der Waals surface area contributed by atoms with Gasteiger partial charge in [0.25, 0.3) is 0 Å². The Bertz CT molecular complexity index is 410. The van der Waals surface area contributed by atoms with Crippen LogP contribution in [-0.4, -0.2) is 21.7 Å². The summed E-state index contributed by atoms with van der Waals surface area (Å²) in [5.41, 5.74) is 2.57. The highest BCUT2D eigenvalue weighted by Gasteiger charge is 2.45. The number of hydrogen-bond acceptors (Lipinski definition) is 4. The summed E-state index contributed by atoms with van der Waals surface area (Å²) in [4.78, 5) is 4.57. The van der Waals surface area contributed by atoms with Crippen LogP contribution in [-0.2, 0) is 12.8 Å². The second kappa shape index (κ2) is 5.21. The van der Waals surface area contributed by atoms with Gasteiger partial charge in [0.1, 0.15) is 0 Å². The fourth-order valence-corrected chi connectivity index (χ4v) is 2.39. The number of anilines is 1. The lowest BCUT2D eigenvalue weighted by molar-refractivity contribution is 0.379. The number of hydrogen-bond donors (Lipinski definition) is 1. The molecule has 1 saturated carbocycles. The molecule has 0 aromatic carbocycles. The summed E-state index contributed by atoms with van der Waals surface area (Å²) in [7, 11) is 0. The van der Waals surface area contributed by atoms with Gasteiger partial charge in [-0.25, -0.2) is 4.98 Å². The molecule has 1 N–H and O–H groups in total. The van der Waals surface area contributed by atoms with Gasteiger partial charge >= 0.3 is 0 Å². The van der Waals surface area contributed by atoms with Crippen LogP contribution < -0.4 is 5.32 Å². The van der Waals surface area contributed by atoms with E-state index in [1.807, 2.05) is 0 Å². The minimum absolute atomic E-state index is 0.471. The Morgan fingerprint density at radius 3 is 2.28 bits per heavy atom. The summed E-state index contributed by atoms with van der Waals surface area (Å²) >= 11 is 0. The van der Waals surface area contributed by atoms with E-state index in [1.54, 1.807) is 0 Å². The highest BCUT2D eigenvalue weighted by molar-refractivity contribution is 5.27. The van der Waals surface area contributed by atoms with Crippen molar-refractivity contribution in [2.75, 3.05) is 11.9 Å². The molecular formula is C14H24N4. The molecule has 2 rings (SSSR count). The minimum Gasteiger partial charge on any atom is -0.352 e. The van der Waals surface area contributed by atoms with Gasteiger partial charge < -0.3 is 5.32 Å². The van der Waals surface area contributed by atoms with Crippen molar-refractivity contribution in [2.45, 2.75) is 53.4 Å². The number of nitrogens with one attached hydrogen (secondary N) is 1. The fourth-order valence-electron chi connectivity index (χ4n) is 2.39. The Morgan fingerprint density at radius 1 is 1.11 bits per heavy atom. The van der Waals surface area contributed by atoms with Crippen LogP contribution in [0.5, 0.6) is 0 Å². The zero-order valence-electron chi connectivity index (χ0n) is 12.0. The summed E-state index contributed by atoms with van der Waals surface area (Å²) in [6.45, 7) is 9.78. The smallest absolute Gasteiger partial charge is 0.242 e. The number of rotatable bonds is 6. The molecule has 1 aliphatic rings. The van der Waals surface area contributed by atoms with Crippen LogP contribution in [0.4, 0.5) is 5.95 Å². The summed E-state index contributed by atoms with van der Waals surface area (Å²) in [5, 5.41) is 11.8. The first kappa shape index (κ1) is 13.2. The van der Waals surface area contributed by atoms with E-state index < -0.39 is 0 Å². The third-order valence-electron chi connectivity index (χ3n) is 4.22. The largest absolute Gasteiger partial charge is 0.352 e. The molecule has 0 aliphatic heterocycles. The van der Waals surface area contributed by atoms with Crippen molar-refractivity contribution in [1.29, 1.82) is 0 Å². The lowest BCUT2D eigenvalue weighted by Crippen LogP contribution is -2.22. The van der Waals surface area contributed by atoms with Crippen LogP contribution in [0.2, 0.25) is 0 Å². The van der Waals surface area contributed by atoms with E-state index in [0.717, 1.165) is 36.7 Å². The Kier molecular flexibility index (Phi) is 3.83. The molecule has 4 heteroatoms. The molecule has 0 amide bonds. The summed E-state index contributed by atoms with van der Waals surface area (Å²) < 4.78 is 0. The van der Waals surface area contributed by atoms with Gasteiger partial charge in [-0.2, -0.15) is 5.10 Å². The standard InChI is InChI=1S/C14H24N4/c1-5-11-12(6-2)17-18-13(16-11)15-9-14(7-8-14)10(3)4/h10H,5-9H2,1-4H3,(H,15,16,18). The Balaban J connectivity index is 2.02. The maximum atomic E-state index is 4.57. The molecule has 0 saturated heterocycles. The van der Waals surface area contributed by atoms with Gasteiger partial charge in [0.15, 0.2) is 0 Å². The van der Waals surface area contributed by atoms with Crippen molar-refractivity contribution in [3.8, 4) is 0 Å². The molecule has 100 valence electrons. The van der Waals surface area contributed by atoms with Crippen LogP contribution in [0.1, 0.15) is 51.9 Å². The first-order valence-corrected chi connectivity index (χ1v) is 7.07. The van der Waals surface area contributed by atoms with Gasteiger partial charge in [-0.1, -0.05) is 27.7 Å². The number of nitrogens with zero attached hydrogens (tertiary/aromatic N) is 3.